The van der Waals surface area contributed by atoms with Gasteiger partial charge in [-0.15, -0.1) is 0 Å². The second-order valence-electron chi connectivity index (χ2n) is 31.9. The van der Waals surface area contributed by atoms with Crippen LogP contribution in [0.15, 0.2) is 155 Å². The molecule has 0 saturated carbocycles. The monoisotopic (exact) mass is 1970 g/mol. The molecule has 0 radical (unpaired) electrons. The number of benzene rings is 6. The number of aliphatic hydroxyl groups is 2. The Morgan fingerprint density at radius 1 is 0.552 bits per heavy atom. The fourth-order valence-electron chi connectivity index (χ4n) is 14.1. The number of rotatable bonds is 48. The number of fused-ring (bicyclic) bond motifs is 2. The minimum absolute atomic E-state index is 0.0277. The number of quaternary nitrogens is 1. The van der Waals surface area contributed by atoms with Crippen LogP contribution in [0.4, 0.5) is 22.8 Å². The Kier molecular flexibility index (Phi) is 45.2. The molecule has 4 aliphatic rings. The van der Waals surface area contributed by atoms with Gasteiger partial charge < -0.3 is 108 Å². The van der Waals surface area contributed by atoms with Crippen LogP contribution in [-0.4, -0.2) is 258 Å². The van der Waals surface area contributed by atoms with E-state index >= 15 is 0 Å². The van der Waals surface area contributed by atoms with Crippen molar-refractivity contribution in [2.24, 2.45) is 29.4 Å². The highest BCUT2D eigenvalue weighted by atomic mass is 32.2. The molecule has 744 valence electrons. The van der Waals surface area contributed by atoms with Gasteiger partial charge in [-0.2, -0.15) is 21.8 Å². The lowest BCUT2D eigenvalue weighted by Crippen LogP contribution is -2.83. The summed E-state index contributed by atoms with van der Waals surface area (Å²) in [5.74, 6) is -2.17. The van der Waals surface area contributed by atoms with Crippen LogP contribution in [0.25, 0.3) is 0 Å². The minimum atomic E-state index is -5.19. The zero-order valence-electron chi connectivity index (χ0n) is 77.0. The summed E-state index contributed by atoms with van der Waals surface area (Å²) in [5, 5.41) is 39.5. The number of methoxy groups -OCH3 is 2. The summed E-state index contributed by atoms with van der Waals surface area (Å²) >= 11 is 0. The number of halogens is 3. The van der Waals surface area contributed by atoms with Gasteiger partial charge in [0.25, 0.3) is 0 Å². The number of alkyl carbamates (subject to hydrolysis) is 2. The zero-order valence-corrected chi connectivity index (χ0v) is 80.4. The summed E-state index contributed by atoms with van der Waals surface area (Å²) in [5.41, 5.74) is 8.40. The first-order valence-electron chi connectivity index (χ1n) is 43.8. The van der Waals surface area contributed by atoms with Gasteiger partial charge in [-0.3, -0.25) is 13.8 Å². The van der Waals surface area contributed by atoms with Crippen molar-refractivity contribution in [1.82, 2.24) is 19.2 Å². The molecule has 6 aromatic carbocycles. The molecule has 0 aliphatic carbocycles. The van der Waals surface area contributed by atoms with E-state index < -0.39 is 133 Å². The largest absolute Gasteiger partial charge is 0.542 e. The maximum absolute atomic E-state index is 14.1. The number of aliphatic carboxylic acids is 1. The second kappa shape index (κ2) is 54.4. The number of alkyl halides is 3. The van der Waals surface area contributed by atoms with Crippen molar-refractivity contribution in [3.05, 3.63) is 168 Å². The van der Waals surface area contributed by atoms with Gasteiger partial charge in [0, 0.05) is 43.9 Å². The number of ether oxygens (including phenoxy) is 12. The first kappa shape index (κ1) is 111. The molecule has 37 nitrogen and oxygen atoms in total. The number of hydrogen-bond donors (Lipinski definition) is 6. The lowest BCUT2D eigenvalue weighted by Gasteiger charge is -2.31. The van der Waals surface area contributed by atoms with E-state index in [0.29, 0.717) is 80.9 Å². The highest BCUT2D eigenvalue weighted by Crippen LogP contribution is 2.53. The molecule has 134 heavy (non-hydrogen) atoms. The van der Waals surface area contributed by atoms with Crippen molar-refractivity contribution < 1.29 is 163 Å². The number of carboxylic acids is 1. The molecule has 4 fully saturated rings. The number of para-hydroxylation sites is 4. The highest BCUT2D eigenvalue weighted by Gasteiger charge is 2.47. The van der Waals surface area contributed by atoms with Crippen molar-refractivity contribution in [2.75, 3.05) is 119 Å². The van der Waals surface area contributed by atoms with Crippen molar-refractivity contribution in [1.29, 1.82) is 0 Å². The summed E-state index contributed by atoms with van der Waals surface area (Å²) in [4.78, 5) is 70.5. The molecule has 4 heterocycles. The lowest BCUT2D eigenvalue weighted by atomic mass is 10.00. The van der Waals surface area contributed by atoms with Gasteiger partial charge in [0.05, 0.1) is 126 Å². The summed E-state index contributed by atoms with van der Waals surface area (Å²) in [7, 11) is -12.6. The smallest absolute Gasteiger partial charge is 0.430 e. The summed E-state index contributed by atoms with van der Waals surface area (Å²) in [6, 6.07) is 38.1. The summed E-state index contributed by atoms with van der Waals surface area (Å²) in [6.07, 6.45) is -10.9. The Labute approximate surface area is 779 Å². The molecule has 10 rings (SSSR count). The number of carbonyl (C=O) groups excluding carboxylic acids is 6. The Hall–Kier alpha value is -9.59. The van der Waals surface area contributed by atoms with E-state index in [1.165, 1.54) is 60.9 Å². The van der Waals surface area contributed by atoms with Gasteiger partial charge in [-0.1, -0.05) is 100 Å². The Balaban J connectivity index is 0.000000292. The van der Waals surface area contributed by atoms with Crippen molar-refractivity contribution in [2.45, 2.75) is 179 Å². The highest BCUT2D eigenvalue weighted by molar-refractivity contribution is 7.89. The quantitative estimate of drug-likeness (QED) is 0.00681. The molecular weight excluding hydrogens is 1840 g/mol. The average Bonchev–Trinajstić information content (AvgIpc) is 1.16. The van der Waals surface area contributed by atoms with Crippen LogP contribution < -0.4 is 54.8 Å². The van der Waals surface area contributed by atoms with E-state index in [9.17, 15) is 73.3 Å². The van der Waals surface area contributed by atoms with E-state index in [2.05, 4.69) is 10.6 Å². The van der Waals surface area contributed by atoms with Crippen LogP contribution in [0.3, 0.4) is 0 Å². The number of carbonyl (C=O) groups is 6. The van der Waals surface area contributed by atoms with Crippen LogP contribution in [0.2, 0.25) is 0 Å². The molecule has 4 aliphatic heterocycles. The molecule has 0 bridgehead atoms. The Morgan fingerprint density at radius 3 is 1.28 bits per heavy atom. The number of nitrogens with one attached hydrogen (secondary N) is 2. The molecule has 8 N–H and O–H groups in total. The molecule has 0 spiro atoms. The van der Waals surface area contributed by atoms with E-state index in [1.807, 2.05) is 71.1 Å². The minimum Gasteiger partial charge on any atom is -0.542 e. The maximum atomic E-state index is 14.1. The van der Waals surface area contributed by atoms with Gasteiger partial charge in [0.15, 0.2) is 47.8 Å². The fourth-order valence-corrected chi connectivity index (χ4v) is 20.7. The number of amides is 2. The van der Waals surface area contributed by atoms with Gasteiger partial charge in [-0.05, 0) is 163 Å². The number of esters is 2. The first-order valence-corrected chi connectivity index (χ1v) is 50.2. The molecule has 0 aromatic heterocycles. The predicted octanol–water partition coefficient (Wildman–Crippen LogP) is 9.00. The van der Waals surface area contributed by atoms with E-state index in [1.54, 1.807) is 111 Å². The molecule has 44 heteroatoms. The second-order valence-corrected chi connectivity index (χ2v) is 39.9. The first-order chi connectivity index (χ1) is 63.6. The summed E-state index contributed by atoms with van der Waals surface area (Å²) in [6.45, 7) is 20.6. The van der Waals surface area contributed by atoms with Gasteiger partial charge in [0.1, 0.15) is 48.7 Å². The van der Waals surface area contributed by atoms with Crippen LogP contribution in [0.1, 0.15) is 109 Å². The maximum Gasteiger partial charge on any atom is 0.430 e. The average molecular weight is 1970 g/mol. The molecule has 4 saturated heterocycles. The molecule has 6 aromatic rings. The van der Waals surface area contributed by atoms with Crippen molar-refractivity contribution in [3.8, 4) is 34.5 Å². The van der Waals surface area contributed by atoms with Crippen molar-refractivity contribution in [3.63, 3.8) is 0 Å². The Bertz CT molecular complexity index is 5000. The molecule has 2 amide bonds. The lowest BCUT2D eigenvalue weighted by molar-refractivity contribution is -0.667. The molecular formula is C90H125F3N6O31P2S2. The number of nitrogens with two attached hydrogens (primary N) is 2. The van der Waals surface area contributed by atoms with Crippen LogP contribution in [0.5, 0.6) is 34.5 Å². The topological polar surface area (TPSA) is 489 Å². The van der Waals surface area contributed by atoms with E-state index in [-0.39, 0.29) is 129 Å². The fraction of sp³-hybridized carbons (Fsp3) is 0.533. The number of aliphatic hydroxyl groups excluding tert-OH is 2. The SMILES string of the molecule is CCOC(=O)[C@H](C)OP(=O)(CCN)Oc1ccccc1OCC.CCOC(=O)[C@H](C)OP(=O)(CC[NH2+]Cc1ccc(C[C@H](NC(=O)OC2CO[C@H]3OCC[C@@H]23)[C@H](O)CN(CC(C)C)S(=O)(=O)c2ccc(OC)cc2)cc1)Oc1ccccc1OCC.COc1ccc(S(=O)(=O)N(CC(C)C)C[C@@H](O)[C@H](Cc2ccc(C=O)cc2)NC(=O)OC2CO[C@H]3OCC[C@@H]23)cc1.O=C([O-])C(F)(F)F. The third-order valence-corrected chi connectivity index (χ3v) is 28.2. The van der Waals surface area contributed by atoms with Gasteiger partial charge >= 0.3 is 45.5 Å². The van der Waals surface area contributed by atoms with Crippen LogP contribution in [-0.2, 0) is 110 Å². The van der Waals surface area contributed by atoms with Crippen molar-refractivity contribution >= 4 is 71.6 Å². The van der Waals surface area contributed by atoms with E-state index in [4.69, 9.17) is 90.6 Å². The third kappa shape index (κ3) is 35.2. The predicted molar refractivity (Wildman–Crippen MR) is 479 cm³/mol. The number of carboxylic acid groups (broad SMARTS) is 1. The van der Waals surface area contributed by atoms with Gasteiger partial charge in [-0.25, -0.2) is 45.1 Å². The van der Waals surface area contributed by atoms with Crippen LogP contribution >= 0.6 is 15.2 Å². The number of hydrogen-bond acceptors (Lipinski definition) is 32. The zero-order chi connectivity index (χ0) is 98.5. The Morgan fingerprint density at radius 2 is 0.925 bits per heavy atom. The number of nitrogens with zero attached hydrogens (tertiary/aromatic N) is 2. The normalized spacial score (nSPS) is 19.1. The number of aldehydes is 1. The third-order valence-electron chi connectivity index (χ3n) is 20.7. The summed E-state index contributed by atoms with van der Waals surface area (Å²) < 4.78 is 204. The van der Waals surface area contributed by atoms with Crippen LogP contribution in [0, 0.1) is 23.7 Å². The standard InChI is InChI=1S/C44H62N3O14PS.C29H38N2O9S.C15H24NO6P.C2HF3O2/c1-7-55-39-11-9-10-12-40(39)61-62(51,60-31(5)42(49)56-8-2)24-22-45-26-33-15-13-32(14-16-33)25-37(46-44(50)59-41-29-58-43-36(41)21-23-57-43)38(48)28-47(27-30(3)4)63(52,53)35-19-17-34(54-6)18-20-35;1-19(2)15-31(41(35,36)23-10-8-22(37-3)9-11-23)16-26(33)25(14-20-4-6-21(17-32)7-5-20)30-29(34)40-27-18-39-28-24(27)12-13-38-28;1-4-19-13-8-6-7-9-14(13)22-23(18,11-10-16)21-12(3)15(17)20-5-2;3-2(4,5)1(6)7/h9-20,30-31,36-38,41,43,45,48H,7-8,21-29H2,1-6H3,(H,46,50);4-11,17,19,24-28,33H,12-16,18H2,1-3H3,(H,30,34);6-9,12H,4-5,10-11,16H2,1-3H3;(H,6,7)/t31-,36-,37-,38+,41?,43+,62?;24-,25-,26+,27?,28+;12-,23?;/m000./s1. The van der Waals surface area contributed by atoms with E-state index in [0.717, 1.165) is 23.0 Å². The molecule has 14 atom stereocenters. The molecule has 4 unspecified atom stereocenters. The van der Waals surface area contributed by atoms with Gasteiger partial charge in [0.2, 0.25) is 20.0 Å². The number of sulfonamides is 2.